The smallest absolute Gasteiger partial charge is 0.329 e. The number of ether oxygens (including phenoxy) is 1. The maximum atomic E-state index is 13.1. The van der Waals surface area contributed by atoms with Crippen LogP contribution in [0.3, 0.4) is 0 Å². The van der Waals surface area contributed by atoms with Gasteiger partial charge in [-0.1, -0.05) is 6.07 Å². The highest BCUT2D eigenvalue weighted by Gasteiger charge is 2.40. The predicted octanol–water partition coefficient (Wildman–Crippen LogP) is 2.02. The number of rotatable bonds is 4. The molecule has 3 aliphatic heterocycles. The molecule has 0 spiro atoms. The van der Waals surface area contributed by atoms with Gasteiger partial charge in [-0.2, -0.15) is 0 Å². The maximum absolute atomic E-state index is 13.1. The van der Waals surface area contributed by atoms with Gasteiger partial charge in [0.05, 0.1) is 17.8 Å². The van der Waals surface area contributed by atoms with E-state index < -0.39 is 0 Å². The van der Waals surface area contributed by atoms with Crippen LogP contribution in [0.5, 0.6) is 0 Å². The van der Waals surface area contributed by atoms with E-state index in [1.54, 1.807) is 29.3 Å². The van der Waals surface area contributed by atoms with Crippen molar-refractivity contribution in [2.24, 2.45) is 0 Å². The van der Waals surface area contributed by atoms with E-state index in [0.717, 1.165) is 44.6 Å². The van der Waals surface area contributed by atoms with Crippen molar-refractivity contribution < 1.29 is 14.3 Å². The van der Waals surface area contributed by atoms with Crippen molar-refractivity contribution in [1.29, 1.82) is 0 Å². The average molecular weight is 408 g/mol. The minimum absolute atomic E-state index is 0.0129. The molecule has 2 saturated heterocycles. The fraction of sp³-hybridized carbons (Fsp3) is 0.429. The van der Waals surface area contributed by atoms with Crippen LogP contribution < -0.4 is 20.4 Å². The number of urea groups is 1. The lowest BCUT2D eigenvalue weighted by atomic mass is 10.1. The van der Waals surface area contributed by atoms with Crippen molar-refractivity contribution in [2.45, 2.75) is 31.4 Å². The highest BCUT2D eigenvalue weighted by Crippen LogP contribution is 2.39. The third kappa shape index (κ3) is 3.56. The lowest BCUT2D eigenvalue weighted by Gasteiger charge is -2.35. The molecule has 3 aliphatic rings. The molecule has 0 aliphatic carbocycles. The lowest BCUT2D eigenvalue weighted by molar-refractivity contribution is 0.0853. The van der Waals surface area contributed by atoms with Crippen LogP contribution in [0.4, 0.5) is 22.1 Å². The van der Waals surface area contributed by atoms with Crippen molar-refractivity contribution >= 4 is 29.3 Å². The molecular formula is C21H24N6O3. The van der Waals surface area contributed by atoms with Crippen molar-refractivity contribution in [1.82, 2.24) is 15.3 Å². The number of hydrogen-bond acceptors (Lipinski definition) is 6. The number of anilines is 3. The Morgan fingerprint density at radius 1 is 1.20 bits per heavy atom. The Labute approximate surface area is 174 Å². The standard InChI is InChI=1S/C21H24N6O3/c28-20(23-12-15-4-3-11-30-15)16-6-7-17-19(24-16)27(14-8-10-26(17)13-14)21(29)25-18-5-1-2-9-22-18/h1-2,5-7,9,14-15H,3-4,8,10-13H2,(H,23,28)(H,22,25,29)/t14?,15-/m1/s1. The Morgan fingerprint density at radius 2 is 2.13 bits per heavy atom. The molecule has 156 valence electrons. The maximum Gasteiger partial charge on any atom is 0.329 e. The first-order valence-corrected chi connectivity index (χ1v) is 10.4. The van der Waals surface area contributed by atoms with Crippen LogP contribution in [0.15, 0.2) is 36.5 Å². The van der Waals surface area contributed by atoms with Crippen LogP contribution in [0, 0.1) is 0 Å². The van der Waals surface area contributed by atoms with Gasteiger partial charge in [-0.15, -0.1) is 0 Å². The van der Waals surface area contributed by atoms with Crippen molar-refractivity contribution in [3.05, 3.63) is 42.2 Å². The topological polar surface area (TPSA) is 99.7 Å². The van der Waals surface area contributed by atoms with Gasteiger partial charge in [-0.25, -0.2) is 14.8 Å². The Kier molecular flexibility index (Phi) is 4.96. The Morgan fingerprint density at radius 3 is 2.93 bits per heavy atom. The van der Waals surface area contributed by atoms with Gasteiger partial charge in [-0.05, 0) is 43.5 Å². The highest BCUT2D eigenvalue weighted by molar-refractivity contribution is 6.05. The van der Waals surface area contributed by atoms with Crippen LogP contribution in [0.2, 0.25) is 0 Å². The molecule has 9 nitrogen and oxygen atoms in total. The van der Waals surface area contributed by atoms with Gasteiger partial charge in [0.2, 0.25) is 0 Å². The second kappa shape index (κ2) is 7.91. The molecule has 0 aromatic carbocycles. The summed E-state index contributed by atoms with van der Waals surface area (Å²) < 4.78 is 5.56. The highest BCUT2D eigenvalue weighted by atomic mass is 16.5. The first-order chi connectivity index (χ1) is 14.7. The number of amides is 3. The van der Waals surface area contributed by atoms with Crippen LogP contribution in [-0.4, -0.2) is 60.3 Å². The zero-order valence-electron chi connectivity index (χ0n) is 16.6. The number of carbonyl (C=O) groups is 2. The van der Waals surface area contributed by atoms with E-state index in [4.69, 9.17) is 4.74 Å². The van der Waals surface area contributed by atoms with Crippen LogP contribution >= 0.6 is 0 Å². The van der Waals surface area contributed by atoms with E-state index >= 15 is 0 Å². The molecular weight excluding hydrogens is 384 g/mol. The van der Waals surface area contributed by atoms with Gasteiger partial charge >= 0.3 is 6.03 Å². The first kappa shape index (κ1) is 18.8. The van der Waals surface area contributed by atoms with Crippen LogP contribution in [0.25, 0.3) is 0 Å². The van der Waals surface area contributed by atoms with Gasteiger partial charge < -0.3 is 15.0 Å². The zero-order valence-corrected chi connectivity index (χ0v) is 16.6. The van der Waals surface area contributed by atoms with Crippen LogP contribution in [0.1, 0.15) is 29.8 Å². The van der Waals surface area contributed by atoms with E-state index in [2.05, 4.69) is 25.5 Å². The number of hydrogen-bond donors (Lipinski definition) is 2. The molecule has 1 unspecified atom stereocenters. The molecule has 2 atom stereocenters. The molecule has 2 fully saturated rings. The van der Waals surface area contributed by atoms with Gasteiger partial charge in [0.25, 0.3) is 5.91 Å². The quantitative estimate of drug-likeness (QED) is 0.803. The molecule has 0 radical (unpaired) electrons. The summed E-state index contributed by atoms with van der Waals surface area (Å²) in [7, 11) is 0. The zero-order chi connectivity index (χ0) is 20.5. The second-order valence-corrected chi connectivity index (χ2v) is 7.79. The molecule has 9 heteroatoms. The summed E-state index contributed by atoms with van der Waals surface area (Å²) in [5.74, 6) is 0.739. The number of nitrogens with one attached hydrogen (secondary N) is 2. The van der Waals surface area contributed by atoms with Crippen molar-refractivity contribution in [2.75, 3.05) is 41.4 Å². The number of fused-ring (bicyclic) bond motifs is 4. The first-order valence-electron chi connectivity index (χ1n) is 10.4. The Bertz CT molecular complexity index is 947. The molecule has 2 aromatic heterocycles. The number of aromatic nitrogens is 2. The second-order valence-electron chi connectivity index (χ2n) is 7.79. The molecule has 5 heterocycles. The number of carbonyl (C=O) groups excluding carboxylic acids is 2. The Hall–Kier alpha value is -3.20. The minimum Gasteiger partial charge on any atom is -0.376 e. The SMILES string of the molecule is O=C(NC[C@H]1CCCO1)c1ccc2c(n1)N(C(=O)Nc1ccccn1)C1CCN2C1. The lowest BCUT2D eigenvalue weighted by Crippen LogP contribution is -2.48. The van der Waals surface area contributed by atoms with E-state index in [1.165, 1.54) is 0 Å². The summed E-state index contributed by atoms with van der Waals surface area (Å²) in [4.78, 5) is 38.4. The van der Waals surface area contributed by atoms with Gasteiger partial charge in [0, 0.05) is 32.4 Å². The number of pyridine rings is 2. The van der Waals surface area contributed by atoms with E-state index in [-0.39, 0.29) is 24.1 Å². The van der Waals surface area contributed by atoms with Crippen molar-refractivity contribution in [3.8, 4) is 0 Å². The molecule has 2 bridgehead atoms. The average Bonchev–Trinajstić information content (AvgIpc) is 3.43. The minimum atomic E-state index is -0.286. The molecule has 2 aromatic rings. The summed E-state index contributed by atoms with van der Waals surface area (Å²) in [5.41, 5.74) is 1.17. The monoisotopic (exact) mass is 408 g/mol. The van der Waals surface area contributed by atoms with E-state index in [9.17, 15) is 9.59 Å². The molecule has 5 rings (SSSR count). The van der Waals surface area contributed by atoms with Gasteiger partial charge in [-0.3, -0.25) is 15.0 Å². The third-order valence-electron chi connectivity index (χ3n) is 5.82. The van der Waals surface area contributed by atoms with E-state index in [1.807, 2.05) is 12.1 Å². The fourth-order valence-electron chi connectivity index (χ4n) is 4.31. The fourth-order valence-corrected chi connectivity index (χ4v) is 4.31. The summed E-state index contributed by atoms with van der Waals surface area (Å²) >= 11 is 0. The molecule has 30 heavy (non-hydrogen) atoms. The summed E-state index contributed by atoms with van der Waals surface area (Å²) in [5, 5.41) is 5.75. The van der Waals surface area contributed by atoms with Gasteiger partial charge in [0.1, 0.15) is 11.5 Å². The van der Waals surface area contributed by atoms with Gasteiger partial charge in [0.15, 0.2) is 5.82 Å². The molecule has 0 saturated carbocycles. The number of nitrogens with zero attached hydrogens (tertiary/aromatic N) is 4. The summed E-state index contributed by atoms with van der Waals surface area (Å²) in [6, 6.07) is 8.68. The largest absolute Gasteiger partial charge is 0.376 e. The van der Waals surface area contributed by atoms with Crippen molar-refractivity contribution in [3.63, 3.8) is 0 Å². The van der Waals surface area contributed by atoms with E-state index in [0.29, 0.717) is 23.9 Å². The Balaban J connectivity index is 1.38. The molecule has 2 N–H and O–H groups in total. The normalized spacial score (nSPS) is 22.0. The van der Waals surface area contributed by atoms with Crippen LogP contribution in [-0.2, 0) is 4.74 Å². The summed E-state index contributed by atoms with van der Waals surface area (Å²) in [6.45, 7) is 2.83. The molecule has 3 amide bonds. The predicted molar refractivity (Wildman–Crippen MR) is 112 cm³/mol. The summed E-state index contributed by atoms with van der Waals surface area (Å²) in [6.07, 6.45) is 4.53. The third-order valence-corrected chi connectivity index (χ3v) is 5.82.